The number of nitrogens with two attached hydrogens (primary N) is 1. The van der Waals surface area contributed by atoms with Crippen LogP contribution in [0.15, 0.2) is 84.9 Å². The lowest BCUT2D eigenvalue weighted by Gasteiger charge is -2.28. The predicted molar refractivity (Wildman–Crippen MR) is 105 cm³/mol. The Kier molecular flexibility index (Phi) is 6.53. The lowest BCUT2D eigenvalue weighted by Crippen LogP contribution is -2.33. The van der Waals surface area contributed by atoms with Gasteiger partial charge in [0, 0.05) is 32.1 Å². The average molecular weight is 348 g/mol. The number of hydrogen-bond acceptors (Lipinski definition) is 2. The normalized spacial score (nSPS) is 11.2. The molecule has 0 heterocycles. The quantitative estimate of drug-likeness (QED) is 0.653. The van der Waals surface area contributed by atoms with Gasteiger partial charge in [-0.05, 0) is 28.8 Å². The zero-order chi connectivity index (χ0) is 18.2. The molecule has 0 fully saturated rings. The molecular formula is C23H25FN2. The molecule has 0 atom stereocenters. The lowest BCUT2D eigenvalue weighted by atomic mass is 9.90. The summed E-state index contributed by atoms with van der Waals surface area (Å²) >= 11 is 0. The molecule has 0 amide bonds. The number of halogens is 1. The van der Waals surface area contributed by atoms with Crippen LogP contribution in [-0.4, -0.2) is 24.5 Å². The van der Waals surface area contributed by atoms with Crippen molar-refractivity contribution in [3.8, 4) is 0 Å². The minimum Gasteiger partial charge on any atom is -0.329 e. The highest BCUT2D eigenvalue weighted by molar-refractivity contribution is 5.33. The van der Waals surface area contributed by atoms with E-state index >= 15 is 0 Å². The molecule has 2 nitrogen and oxygen atoms in total. The maximum absolute atomic E-state index is 13.2. The summed E-state index contributed by atoms with van der Waals surface area (Å²) in [6.07, 6.45) is 0. The van der Waals surface area contributed by atoms with E-state index in [1.54, 1.807) is 0 Å². The lowest BCUT2D eigenvalue weighted by molar-refractivity contribution is 0.264. The molecule has 0 bridgehead atoms. The fourth-order valence-corrected chi connectivity index (χ4v) is 3.30. The van der Waals surface area contributed by atoms with Gasteiger partial charge < -0.3 is 5.73 Å². The predicted octanol–water partition coefficient (Wildman–Crippen LogP) is 4.42. The number of benzene rings is 3. The number of rotatable bonds is 8. The first-order valence-electron chi connectivity index (χ1n) is 9.03. The van der Waals surface area contributed by atoms with Crippen molar-refractivity contribution in [2.75, 3.05) is 19.6 Å². The second-order valence-corrected chi connectivity index (χ2v) is 6.52. The summed E-state index contributed by atoms with van der Waals surface area (Å²) in [5.74, 6) is 0.0648. The molecule has 0 aliphatic rings. The van der Waals surface area contributed by atoms with Crippen LogP contribution in [0.2, 0.25) is 0 Å². The van der Waals surface area contributed by atoms with Gasteiger partial charge in [-0.1, -0.05) is 72.8 Å². The highest BCUT2D eigenvalue weighted by Gasteiger charge is 2.18. The maximum atomic E-state index is 13.2. The third kappa shape index (κ3) is 5.01. The molecular weight excluding hydrogens is 323 g/mol. The molecule has 0 aliphatic heterocycles. The maximum Gasteiger partial charge on any atom is 0.123 e. The molecule has 3 aromatic rings. The minimum atomic E-state index is -0.203. The SMILES string of the molecule is NCCN(Cc1ccc(F)cc1)CC(c1ccccc1)c1ccccc1. The zero-order valence-corrected chi connectivity index (χ0v) is 14.9. The van der Waals surface area contributed by atoms with Crippen molar-refractivity contribution in [3.05, 3.63) is 107 Å². The third-order valence-corrected chi connectivity index (χ3v) is 4.61. The Morgan fingerprint density at radius 2 is 1.31 bits per heavy atom. The molecule has 0 radical (unpaired) electrons. The van der Waals surface area contributed by atoms with E-state index in [2.05, 4.69) is 53.4 Å². The fourth-order valence-electron chi connectivity index (χ4n) is 3.30. The van der Waals surface area contributed by atoms with E-state index in [4.69, 9.17) is 5.73 Å². The van der Waals surface area contributed by atoms with Crippen LogP contribution in [-0.2, 0) is 6.54 Å². The molecule has 0 saturated heterocycles. The second kappa shape index (κ2) is 9.27. The summed E-state index contributed by atoms with van der Waals surface area (Å²) in [6, 6.07) is 27.8. The van der Waals surface area contributed by atoms with Crippen LogP contribution < -0.4 is 5.73 Å². The van der Waals surface area contributed by atoms with Crippen LogP contribution in [0.5, 0.6) is 0 Å². The highest BCUT2D eigenvalue weighted by Crippen LogP contribution is 2.26. The van der Waals surface area contributed by atoms with Crippen molar-refractivity contribution >= 4 is 0 Å². The number of hydrogen-bond donors (Lipinski definition) is 1. The molecule has 3 rings (SSSR count). The van der Waals surface area contributed by atoms with Crippen LogP contribution >= 0.6 is 0 Å². The largest absolute Gasteiger partial charge is 0.329 e. The first kappa shape index (κ1) is 18.3. The van der Waals surface area contributed by atoms with Gasteiger partial charge in [-0.15, -0.1) is 0 Å². The van der Waals surface area contributed by atoms with Crippen molar-refractivity contribution in [1.82, 2.24) is 4.90 Å². The van der Waals surface area contributed by atoms with E-state index in [-0.39, 0.29) is 11.7 Å². The molecule has 134 valence electrons. The second-order valence-electron chi connectivity index (χ2n) is 6.52. The Hall–Kier alpha value is -2.49. The number of nitrogens with zero attached hydrogens (tertiary/aromatic N) is 1. The van der Waals surface area contributed by atoms with Crippen LogP contribution in [0, 0.1) is 5.82 Å². The summed E-state index contributed by atoms with van der Waals surface area (Å²) in [4.78, 5) is 2.35. The van der Waals surface area contributed by atoms with E-state index < -0.39 is 0 Å². The summed E-state index contributed by atoms with van der Waals surface area (Å²) in [7, 11) is 0. The Balaban J connectivity index is 1.83. The molecule has 26 heavy (non-hydrogen) atoms. The van der Waals surface area contributed by atoms with E-state index in [9.17, 15) is 4.39 Å². The van der Waals surface area contributed by atoms with Gasteiger partial charge in [-0.2, -0.15) is 0 Å². The Morgan fingerprint density at radius 3 is 1.81 bits per heavy atom. The highest BCUT2D eigenvalue weighted by atomic mass is 19.1. The van der Waals surface area contributed by atoms with Crippen molar-refractivity contribution in [2.24, 2.45) is 5.73 Å². The first-order chi connectivity index (χ1) is 12.8. The zero-order valence-electron chi connectivity index (χ0n) is 14.9. The smallest absolute Gasteiger partial charge is 0.123 e. The van der Waals surface area contributed by atoms with Gasteiger partial charge in [-0.3, -0.25) is 4.90 Å². The van der Waals surface area contributed by atoms with Crippen LogP contribution in [0.3, 0.4) is 0 Å². The van der Waals surface area contributed by atoms with E-state index in [1.165, 1.54) is 23.3 Å². The molecule has 0 aromatic heterocycles. The van der Waals surface area contributed by atoms with Gasteiger partial charge in [-0.25, -0.2) is 4.39 Å². The van der Waals surface area contributed by atoms with Gasteiger partial charge in [0.15, 0.2) is 0 Å². The van der Waals surface area contributed by atoms with Crippen molar-refractivity contribution < 1.29 is 4.39 Å². The molecule has 0 aliphatic carbocycles. The minimum absolute atomic E-state index is 0.203. The fraction of sp³-hybridized carbons (Fsp3) is 0.217. The van der Waals surface area contributed by atoms with Crippen molar-refractivity contribution in [1.29, 1.82) is 0 Å². The summed E-state index contributed by atoms with van der Waals surface area (Å²) in [6.45, 7) is 3.02. The van der Waals surface area contributed by atoms with E-state index in [0.29, 0.717) is 6.54 Å². The topological polar surface area (TPSA) is 29.3 Å². The third-order valence-electron chi connectivity index (χ3n) is 4.61. The molecule has 3 heteroatoms. The van der Waals surface area contributed by atoms with Crippen LogP contribution in [0.1, 0.15) is 22.6 Å². The van der Waals surface area contributed by atoms with E-state index in [1.807, 2.05) is 24.3 Å². The molecule has 0 saturated carbocycles. The van der Waals surface area contributed by atoms with Gasteiger partial charge in [0.2, 0.25) is 0 Å². The Bertz CT molecular complexity index is 733. The van der Waals surface area contributed by atoms with Crippen LogP contribution in [0.25, 0.3) is 0 Å². The molecule has 3 aromatic carbocycles. The monoisotopic (exact) mass is 348 g/mol. The van der Waals surface area contributed by atoms with Crippen molar-refractivity contribution in [3.63, 3.8) is 0 Å². The standard InChI is InChI=1S/C23H25FN2/c24-22-13-11-19(12-14-22)17-26(16-15-25)18-23(20-7-3-1-4-8-20)21-9-5-2-6-10-21/h1-14,23H,15-18,25H2. The molecule has 0 spiro atoms. The Labute approximate surface area is 155 Å². The van der Waals surface area contributed by atoms with Crippen LogP contribution in [0.4, 0.5) is 4.39 Å². The first-order valence-corrected chi connectivity index (χ1v) is 9.03. The van der Waals surface area contributed by atoms with E-state index in [0.717, 1.165) is 25.2 Å². The van der Waals surface area contributed by atoms with Gasteiger partial charge >= 0.3 is 0 Å². The summed E-state index contributed by atoms with van der Waals surface area (Å²) in [5.41, 5.74) is 9.54. The van der Waals surface area contributed by atoms with Gasteiger partial charge in [0.05, 0.1) is 0 Å². The van der Waals surface area contributed by atoms with Gasteiger partial charge in [0.25, 0.3) is 0 Å². The average Bonchev–Trinajstić information content (AvgIpc) is 2.69. The molecule has 2 N–H and O–H groups in total. The van der Waals surface area contributed by atoms with Crippen molar-refractivity contribution in [2.45, 2.75) is 12.5 Å². The Morgan fingerprint density at radius 1 is 0.769 bits per heavy atom. The summed E-state index contributed by atoms with van der Waals surface area (Å²) in [5, 5.41) is 0. The summed E-state index contributed by atoms with van der Waals surface area (Å²) < 4.78 is 13.2. The van der Waals surface area contributed by atoms with Gasteiger partial charge in [0.1, 0.15) is 5.82 Å². The molecule has 0 unspecified atom stereocenters.